The summed E-state index contributed by atoms with van der Waals surface area (Å²) in [6.07, 6.45) is 0. The number of aryl methyl sites for hydroxylation is 1. The number of nitro benzene ring substituents is 1. The molecular weight excluding hydrogens is 456 g/mol. The van der Waals surface area contributed by atoms with Crippen LogP contribution >= 0.6 is 15.9 Å². The van der Waals surface area contributed by atoms with E-state index in [4.69, 9.17) is 9.47 Å². The zero-order chi connectivity index (χ0) is 21.8. The monoisotopic (exact) mass is 474 g/mol. The Balaban J connectivity index is 1.80. The number of rotatable bonds is 7. The van der Waals surface area contributed by atoms with Crippen molar-refractivity contribution < 1.29 is 19.2 Å². The Kier molecular flexibility index (Phi) is 6.36. The Labute approximate surface area is 180 Å². The molecule has 0 aliphatic carbocycles. The summed E-state index contributed by atoms with van der Waals surface area (Å²) in [5, 5.41) is 18.3. The van der Waals surface area contributed by atoms with Gasteiger partial charge in [-0.1, -0.05) is 0 Å². The maximum absolute atomic E-state index is 12.5. The Morgan fingerprint density at radius 1 is 1.17 bits per heavy atom. The predicted molar refractivity (Wildman–Crippen MR) is 114 cm³/mol. The second kappa shape index (κ2) is 8.95. The standard InChI is InChI=1S/C20H19BrN4O5/c1-12-20(21)13(2)24(23-12)11-19(26)22-14-8-15(25(27)28)10-18(9-14)30-17-6-4-16(29-3)5-7-17/h4-10H,11H2,1-3H3,(H,22,26). The largest absolute Gasteiger partial charge is 0.497 e. The number of hydrogen-bond acceptors (Lipinski definition) is 6. The van der Waals surface area contributed by atoms with Crippen LogP contribution in [0.25, 0.3) is 0 Å². The lowest BCUT2D eigenvalue weighted by Gasteiger charge is -2.10. The highest BCUT2D eigenvalue weighted by atomic mass is 79.9. The summed E-state index contributed by atoms with van der Waals surface area (Å²) in [5.74, 6) is 0.980. The predicted octanol–water partition coefficient (Wildman–Crippen LogP) is 4.61. The first-order valence-corrected chi connectivity index (χ1v) is 9.67. The molecule has 1 amide bonds. The number of non-ortho nitro benzene ring substituents is 1. The highest BCUT2D eigenvalue weighted by Crippen LogP contribution is 2.30. The number of amides is 1. The van der Waals surface area contributed by atoms with Gasteiger partial charge in [-0.25, -0.2) is 0 Å². The third-order valence-electron chi connectivity index (χ3n) is 4.27. The number of ether oxygens (including phenoxy) is 2. The van der Waals surface area contributed by atoms with Gasteiger partial charge in [0.25, 0.3) is 5.69 Å². The summed E-state index contributed by atoms with van der Waals surface area (Å²) < 4.78 is 13.2. The molecule has 10 heteroatoms. The number of halogens is 1. The van der Waals surface area contributed by atoms with Crippen LogP contribution in [-0.4, -0.2) is 27.7 Å². The second-order valence-electron chi connectivity index (χ2n) is 6.44. The number of carbonyl (C=O) groups is 1. The normalized spacial score (nSPS) is 10.5. The summed E-state index contributed by atoms with van der Waals surface area (Å²) in [6, 6.07) is 10.9. The van der Waals surface area contributed by atoms with Crippen LogP contribution in [0.3, 0.4) is 0 Å². The van der Waals surface area contributed by atoms with E-state index < -0.39 is 4.92 Å². The molecule has 30 heavy (non-hydrogen) atoms. The average molecular weight is 475 g/mol. The number of nitrogens with one attached hydrogen (secondary N) is 1. The third kappa shape index (κ3) is 4.95. The van der Waals surface area contributed by atoms with Crippen LogP contribution in [0.5, 0.6) is 17.2 Å². The minimum atomic E-state index is -0.547. The lowest BCUT2D eigenvalue weighted by atomic mass is 10.2. The first kappa shape index (κ1) is 21.3. The van der Waals surface area contributed by atoms with Crippen LogP contribution in [0, 0.1) is 24.0 Å². The van der Waals surface area contributed by atoms with Gasteiger partial charge in [0, 0.05) is 12.1 Å². The number of anilines is 1. The molecule has 156 valence electrons. The van der Waals surface area contributed by atoms with Crippen molar-refractivity contribution in [2.75, 3.05) is 12.4 Å². The molecular formula is C20H19BrN4O5. The first-order valence-electron chi connectivity index (χ1n) is 8.87. The molecule has 1 heterocycles. The van der Waals surface area contributed by atoms with Crippen LogP contribution in [-0.2, 0) is 11.3 Å². The van der Waals surface area contributed by atoms with Crippen molar-refractivity contribution in [2.45, 2.75) is 20.4 Å². The SMILES string of the molecule is COc1ccc(Oc2cc(NC(=O)Cn3nc(C)c(Br)c3C)cc([N+](=O)[O-])c2)cc1. The molecule has 3 rings (SSSR count). The van der Waals surface area contributed by atoms with E-state index >= 15 is 0 Å². The highest BCUT2D eigenvalue weighted by molar-refractivity contribution is 9.10. The van der Waals surface area contributed by atoms with E-state index in [2.05, 4.69) is 26.3 Å². The zero-order valence-corrected chi connectivity index (χ0v) is 18.1. The summed E-state index contributed by atoms with van der Waals surface area (Å²) >= 11 is 3.42. The molecule has 0 bridgehead atoms. The smallest absolute Gasteiger partial charge is 0.275 e. The summed E-state index contributed by atoms with van der Waals surface area (Å²) in [4.78, 5) is 23.2. The minimum absolute atomic E-state index is 0.0321. The number of methoxy groups -OCH3 is 1. The van der Waals surface area contributed by atoms with Gasteiger partial charge in [0.2, 0.25) is 5.91 Å². The van der Waals surface area contributed by atoms with E-state index in [0.29, 0.717) is 11.5 Å². The van der Waals surface area contributed by atoms with Crippen LogP contribution in [0.15, 0.2) is 46.9 Å². The van der Waals surface area contributed by atoms with Gasteiger partial charge in [-0.3, -0.25) is 19.6 Å². The molecule has 1 aromatic heterocycles. The van der Waals surface area contributed by atoms with Gasteiger partial charge in [0.1, 0.15) is 23.8 Å². The fourth-order valence-corrected chi connectivity index (χ4v) is 3.05. The molecule has 1 N–H and O–H groups in total. The van der Waals surface area contributed by atoms with Gasteiger partial charge in [-0.05, 0) is 54.0 Å². The van der Waals surface area contributed by atoms with Gasteiger partial charge in [0.15, 0.2) is 0 Å². The molecule has 2 aromatic carbocycles. The summed E-state index contributed by atoms with van der Waals surface area (Å²) in [5.41, 5.74) is 1.62. The van der Waals surface area contributed by atoms with E-state index in [1.54, 1.807) is 36.1 Å². The topological polar surface area (TPSA) is 109 Å². The van der Waals surface area contributed by atoms with Gasteiger partial charge in [0.05, 0.1) is 39.6 Å². The minimum Gasteiger partial charge on any atom is -0.497 e. The average Bonchev–Trinajstić information content (AvgIpc) is 2.94. The van der Waals surface area contributed by atoms with Crippen molar-refractivity contribution in [3.63, 3.8) is 0 Å². The quantitative estimate of drug-likeness (QED) is 0.395. The van der Waals surface area contributed by atoms with Gasteiger partial charge in [-0.2, -0.15) is 5.10 Å². The third-order valence-corrected chi connectivity index (χ3v) is 5.42. The number of benzene rings is 2. The van der Waals surface area contributed by atoms with E-state index in [1.165, 1.54) is 18.2 Å². The molecule has 0 unspecified atom stereocenters. The summed E-state index contributed by atoms with van der Waals surface area (Å²) in [7, 11) is 1.55. The van der Waals surface area contributed by atoms with Crippen molar-refractivity contribution >= 4 is 33.2 Å². The maximum atomic E-state index is 12.5. The lowest BCUT2D eigenvalue weighted by molar-refractivity contribution is -0.384. The van der Waals surface area contributed by atoms with Crippen LogP contribution in [0.2, 0.25) is 0 Å². The molecule has 3 aromatic rings. The van der Waals surface area contributed by atoms with Gasteiger partial charge >= 0.3 is 0 Å². The van der Waals surface area contributed by atoms with Crippen LogP contribution < -0.4 is 14.8 Å². The van der Waals surface area contributed by atoms with Gasteiger partial charge in [-0.15, -0.1) is 0 Å². The van der Waals surface area contributed by atoms with E-state index in [9.17, 15) is 14.9 Å². The van der Waals surface area contributed by atoms with Crippen molar-refractivity contribution in [3.8, 4) is 17.2 Å². The number of carbonyl (C=O) groups excluding carboxylic acids is 1. The van der Waals surface area contributed by atoms with Crippen molar-refractivity contribution in [1.29, 1.82) is 0 Å². The fourth-order valence-electron chi connectivity index (χ4n) is 2.77. The van der Waals surface area contributed by atoms with E-state index in [0.717, 1.165) is 15.9 Å². The fraction of sp³-hybridized carbons (Fsp3) is 0.200. The molecule has 0 radical (unpaired) electrons. The number of nitro groups is 1. The Morgan fingerprint density at radius 3 is 2.40 bits per heavy atom. The number of nitrogens with zero attached hydrogens (tertiary/aromatic N) is 3. The molecule has 0 saturated heterocycles. The molecule has 0 aliphatic heterocycles. The van der Waals surface area contributed by atoms with E-state index in [1.807, 2.05) is 13.8 Å². The summed E-state index contributed by atoms with van der Waals surface area (Å²) in [6.45, 7) is 3.63. The number of aromatic nitrogens is 2. The molecule has 0 atom stereocenters. The maximum Gasteiger partial charge on any atom is 0.275 e. The molecule has 0 aliphatic rings. The van der Waals surface area contributed by atoms with E-state index in [-0.39, 0.29) is 29.6 Å². The Bertz CT molecular complexity index is 1100. The zero-order valence-electron chi connectivity index (χ0n) is 16.5. The highest BCUT2D eigenvalue weighted by Gasteiger charge is 2.15. The molecule has 0 fully saturated rings. The molecule has 0 spiro atoms. The lowest BCUT2D eigenvalue weighted by Crippen LogP contribution is -2.20. The number of hydrogen-bond donors (Lipinski definition) is 1. The van der Waals surface area contributed by atoms with Crippen LogP contribution in [0.4, 0.5) is 11.4 Å². The van der Waals surface area contributed by atoms with Crippen molar-refractivity contribution in [2.24, 2.45) is 0 Å². The molecule has 9 nitrogen and oxygen atoms in total. The Hall–Kier alpha value is -3.40. The second-order valence-corrected chi connectivity index (χ2v) is 7.23. The van der Waals surface area contributed by atoms with Crippen LogP contribution in [0.1, 0.15) is 11.4 Å². The van der Waals surface area contributed by atoms with Crippen molar-refractivity contribution in [1.82, 2.24) is 9.78 Å². The van der Waals surface area contributed by atoms with Crippen molar-refractivity contribution in [3.05, 3.63) is 68.4 Å². The Morgan fingerprint density at radius 2 is 1.83 bits per heavy atom. The molecule has 0 saturated carbocycles. The first-order chi connectivity index (χ1) is 14.3. The van der Waals surface area contributed by atoms with Gasteiger partial charge < -0.3 is 14.8 Å².